The van der Waals surface area contributed by atoms with Gasteiger partial charge in [-0.05, 0) is 69.1 Å². The molecule has 0 unspecified atom stereocenters. The topological polar surface area (TPSA) is 74.6 Å². The molecule has 2 N–H and O–H groups in total. The van der Waals surface area contributed by atoms with Crippen LogP contribution in [0.25, 0.3) is 0 Å². The molecule has 0 atom stereocenters. The smallest absolute Gasteiger partial charge is 0.186 e. The lowest BCUT2D eigenvalue weighted by Crippen LogP contribution is -2.28. The molecular weight excluding hydrogens is 376 g/mol. The summed E-state index contributed by atoms with van der Waals surface area (Å²) in [5.74, 6) is 0.652. The van der Waals surface area contributed by atoms with E-state index in [0.717, 1.165) is 22.3 Å². The highest BCUT2D eigenvalue weighted by Gasteiger charge is 2.34. The predicted octanol–water partition coefficient (Wildman–Crippen LogP) is 6.16. The Morgan fingerprint density at radius 2 is 0.933 bits per heavy atom. The maximum absolute atomic E-state index is 12.1. The van der Waals surface area contributed by atoms with Gasteiger partial charge in [-0.1, -0.05) is 41.5 Å². The quantitative estimate of drug-likeness (QED) is 0.394. The molecule has 4 nitrogen and oxygen atoms in total. The molecule has 0 saturated carbocycles. The highest BCUT2D eigenvalue weighted by atomic mass is 16.3. The molecule has 0 aliphatic heterocycles. The van der Waals surface area contributed by atoms with Gasteiger partial charge in [0.05, 0.1) is 0 Å². The van der Waals surface area contributed by atoms with Crippen LogP contribution in [-0.4, -0.2) is 21.8 Å². The highest BCUT2D eigenvalue weighted by Crippen LogP contribution is 2.42. The van der Waals surface area contributed by atoms with Crippen LogP contribution < -0.4 is 0 Å². The fourth-order valence-corrected chi connectivity index (χ4v) is 4.03. The summed E-state index contributed by atoms with van der Waals surface area (Å²) in [6.45, 7) is 22.7. The zero-order chi connectivity index (χ0) is 23.9. The number of aromatic hydroxyl groups is 2. The standard InChI is InChI=1S/C13H20O2.C13H18O2/c2*1-7-8(2)12(15)10(13(4,5)6)9(3)11(7)14/h14-15H,1-6H3;1-6H3. The van der Waals surface area contributed by atoms with Crippen molar-refractivity contribution < 1.29 is 19.8 Å². The molecule has 0 spiro atoms. The minimum atomic E-state index is -0.265. The van der Waals surface area contributed by atoms with Crippen LogP contribution in [-0.2, 0) is 15.0 Å². The van der Waals surface area contributed by atoms with Gasteiger partial charge in [-0.15, -0.1) is 0 Å². The maximum atomic E-state index is 12.1. The summed E-state index contributed by atoms with van der Waals surface area (Å²) in [5, 5.41) is 20.1. The van der Waals surface area contributed by atoms with Gasteiger partial charge in [0.15, 0.2) is 11.6 Å². The summed E-state index contributed by atoms with van der Waals surface area (Å²) in [7, 11) is 0. The highest BCUT2D eigenvalue weighted by molar-refractivity contribution is 6.25. The molecule has 0 aromatic heterocycles. The Kier molecular flexibility index (Phi) is 7.20. The molecule has 4 heteroatoms. The van der Waals surface area contributed by atoms with Gasteiger partial charge in [-0.2, -0.15) is 0 Å². The van der Waals surface area contributed by atoms with Gasteiger partial charge in [0, 0.05) is 27.9 Å². The van der Waals surface area contributed by atoms with Gasteiger partial charge in [-0.3, -0.25) is 9.59 Å². The van der Waals surface area contributed by atoms with Crippen LogP contribution in [0.5, 0.6) is 11.5 Å². The fourth-order valence-electron chi connectivity index (χ4n) is 4.03. The Bertz CT molecular complexity index is 929. The van der Waals surface area contributed by atoms with E-state index < -0.39 is 0 Å². The van der Waals surface area contributed by atoms with Crippen LogP contribution in [0.3, 0.4) is 0 Å². The number of carbonyl (C=O) groups excluding carboxylic acids is 2. The first kappa shape index (κ1) is 25.7. The Morgan fingerprint density at radius 1 is 0.533 bits per heavy atom. The van der Waals surface area contributed by atoms with Crippen molar-refractivity contribution in [1.29, 1.82) is 0 Å². The lowest BCUT2D eigenvalue weighted by molar-refractivity contribution is -0.117. The van der Waals surface area contributed by atoms with Crippen molar-refractivity contribution in [3.05, 3.63) is 44.5 Å². The van der Waals surface area contributed by atoms with Crippen molar-refractivity contribution in [3.8, 4) is 11.5 Å². The van der Waals surface area contributed by atoms with Crippen LogP contribution in [0, 0.1) is 26.2 Å². The second kappa shape index (κ2) is 8.41. The second-order valence-electron chi connectivity index (χ2n) is 10.4. The number of phenols is 2. The average molecular weight is 415 g/mol. The third kappa shape index (κ3) is 4.69. The SMILES string of the molecule is CC1=C(C)C(=O)C(C(C)(C)C)=C(C)C1=O.Cc1c(C)c(O)c(C(C)(C)C)c(C)c1O. The van der Waals surface area contributed by atoms with Crippen LogP contribution in [0.4, 0.5) is 0 Å². The second-order valence-corrected chi connectivity index (χ2v) is 10.4. The molecular formula is C26H38O4. The number of ketones is 2. The van der Waals surface area contributed by atoms with Crippen LogP contribution in [0.2, 0.25) is 0 Å². The van der Waals surface area contributed by atoms with Crippen molar-refractivity contribution in [2.45, 2.75) is 88.5 Å². The molecule has 1 aliphatic carbocycles. The molecule has 166 valence electrons. The van der Waals surface area contributed by atoms with E-state index in [0.29, 0.717) is 33.8 Å². The summed E-state index contributed by atoms with van der Waals surface area (Å²) in [6, 6.07) is 0. The predicted molar refractivity (Wildman–Crippen MR) is 123 cm³/mol. The molecule has 1 aromatic rings. The minimum Gasteiger partial charge on any atom is -0.507 e. The van der Waals surface area contributed by atoms with Gasteiger partial charge in [-0.25, -0.2) is 0 Å². The molecule has 30 heavy (non-hydrogen) atoms. The largest absolute Gasteiger partial charge is 0.507 e. The van der Waals surface area contributed by atoms with E-state index in [-0.39, 0.29) is 22.4 Å². The third-order valence-corrected chi connectivity index (χ3v) is 5.93. The summed E-state index contributed by atoms with van der Waals surface area (Å²) in [4.78, 5) is 23.9. The summed E-state index contributed by atoms with van der Waals surface area (Å²) in [5.41, 5.74) is 5.17. The molecule has 0 radical (unpaired) electrons. The first-order valence-electron chi connectivity index (χ1n) is 10.4. The van der Waals surface area contributed by atoms with E-state index in [9.17, 15) is 19.8 Å². The molecule has 0 saturated heterocycles. The lowest BCUT2D eigenvalue weighted by atomic mass is 9.74. The van der Waals surface area contributed by atoms with Crippen molar-refractivity contribution >= 4 is 11.6 Å². The van der Waals surface area contributed by atoms with E-state index in [1.165, 1.54) is 0 Å². The van der Waals surface area contributed by atoms with Crippen molar-refractivity contribution in [1.82, 2.24) is 0 Å². The van der Waals surface area contributed by atoms with E-state index in [1.807, 2.05) is 62.3 Å². The number of phenolic OH excluding ortho intramolecular Hbond substituents is 2. The van der Waals surface area contributed by atoms with Gasteiger partial charge in [0.2, 0.25) is 0 Å². The Labute approximate surface area is 181 Å². The van der Waals surface area contributed by atoms with E-state index in [2.05, 4.69) is 0 Å². The van der Waals surface area contributed by atoms with Gasteiger partial charge >= 0.3 is 0 Å². The Balaban J connectivity index is 0.000000300. The van der Waals surface area contributed by atoms with Crippen molar-refractivity contribution in [2.75, 3.05) is 0 Å². The number of Topliss-reactive ketones (excluding diaryl/α,β-unsaturated/α-hetero) is 2. The molecule has 0 amide bonds. The lowest BCUT2D eigenvalue weighted by Gasteiger charge is -2.28. The van der Waals surface area contributed by atoms with Crippen LogP contribution in [0.1, 0.15) is 84.6 Å². The Hall–Kier alpha value is -2.36. The van der Waals surface area contributed by atoms with Crippen molar-refractivity contribution in [2.24, 2.45) is 5.41 Å². The molecule has 0 fully saturated rings. The first-order valence-corrected chi connectivity index (χ1v) is 10.4. The summed E-state index contributed by atoms with van der Waals surface area (Å²) < 4.78 is 0. The molecule has 1 aliphatic rings. The van der Waals surface area contributed by atoms with Crippen LogP contribution in [0.15, 0.2) is 22.3 Å². The number of hydrogen-bond acceptors (Lipinski definition) is 4. The van der Waals surface area contributed by atoms with Gasteiger partial charge in [0.1, 0.15) is 11.5 Å². The number of allylic oxidation sites excluding steroid dienone is 4. The molecule has 2 rings (SSSR count). The van der Waals surface area contributed by atoms with Gasteiger partial charge < -0.3 is 10.2 Å². The summed E-state index contributed by atoms with van der Waals surface area (Å²) >= 11 is 0. The monoisotopic (exact) mass is 414 g/mol. The van der Waals surface area contributed by atoms with E-state index in [4.69, 9.17) is 0 Å². The summed E-state index contributed by atoms with van der Waals surface area (Å²) in [6.07, 6.45) is 0. The van der Waals surface area contributed by atoms with E-state index >= 15 is 0 Å². The normalized spacial score (nSPS) is 15.5. The zero-order valence-electron chi connectivity index (χ0n) is 20.7. The maximum Gasteiger partial charge on any atom is 0.186 e. The third-order valence-electron chi connectivity index (χ3n) is 5.93. The Morgan fingerprint density at radius 3 is 1.33 bits per heavy atom. The fraction of sp³-hybridized carbons (Fsp3) is 0.538. The molecule has 0 heterocycles. The number of rotatable bonds is 0. The molecule has 0 bridgehead atoms. The van der Waals surface area contributed by atoms with E-state index in [1.54, 1.807) is 20.8 Å². The van der Waals surface area contributed by atoms with Crippen molar-refractivity contribution in [3.63, 3.8) is 0 Å². The average Bonchev–Trinajstić information content (AvgIpc) is 2.60. The zero-order valence-corrected chi connectivity index (χ0v) is 20.7. The van der Waals surface area contributed by atoms with Gasteiger partial charge in [0.25, 0.3) is 0 Å². The first-order chi connectivity index (χ1) is 13.4. The number of hydrogen-bond donors (Lipinski definition) is 2. The number of benzene rings is 1. The molecule has 1 aromatic carbocycles. The van der Waals surface area contributed by atoms with Crippen LogP contribution >= 0.6 is 0 Å². The number of carbonyl (C=O) groups is 2. The minimum absolute atomic E-state index is 0.0111.